The summed E-state index contributed by atoms with van der Waals surface area (Å²) in [5, 5.41) is 20.5. The quantitative estimate of drug-likeness (QED) is 0.201. The third-order valence-electron chi connectivity index (χ3n) is 8.96. The third-order valence-corrected chi connectivity index (χ3v) is 8.96. The average molecular weight is 617 g/mol. The number of carbonyl (C=O) groups excluding carboxylic acids is 1. The van der Waals surface area contributed by atoms with Crippen molar-refractivity contribution in [2.75, 3.05) is 4.90 Å². The molecule has 224 valence electrons. The van der Waals surface area contributed by atoms with E-state index in [-0.39, 0.29) is 23.8 Å². The summed E-state index contributed by atoms with van der Waals surface area (Å²) in [6.45, 7) is 0.0386. The zero-order valence-electron chi connectivity index (χ0n) is 24.4. The number of hydrogen-bond acceptors (Lipinski definition) is 8. The van der Waals surface area contributed by atoms with E-state index in [0.29, 0.717) is 61.4 Å². The lowest BCUT2D eigenvalue weighted by atomic mass is 9.67. The van der Waals surface area contributed by atoms with Crippen LogP contribution in [0.4, 0.5) is 10.1 Å². The number of anilines is 1. The predicted octanol–water partition coefficient (Wildman–Crippen LogP) is 5.58. The predicted molar refractivity (Wildman–Crippen MR) is 172 cm³/mol. The van der Waals surface area contributed by atoms with Gasteiger partial charge in [0, 0.05) is 27.6 Å². The van der Waals surface area contributed by atoms with Crippen LogP contribution in [-0.4, -0.2) is 30.9 Å². The maximum absolute atomic E-state index is 15.4. The van der Waals surface area contributed by atoms with E-state index in [1.807, 2.05) is 72.8 Å². The number of halogens is 1. The zero-order valence-corrected chi connectivity index (χ0v) is 24.4. The van der Waals surface area contributed by atoms with Gasteiger partial charge in [0.1, 0.15) is 28.6 Å². The highest BCUT2D eigenvalue weighted by Gasteiger charge is 2.60. The van der Waals surface area contributed by atoms with Gasteiger partial charge >= 0.3 is 0 Å². The third kappa shape index (κ3) is 3.55. The lowest BCUT2D eigenvalue weighted by Crippen LogP contribution is -2.46. The monoisotopic (exact) mass is 616 g/mol. The molecule has 2 aromatic heterocycles. The van der Waals surface area contributed by atoms with E-state index < -0.39 is 11.3 Å². The Morgan fingerprint density at radius 3 is 2.32 bits per heavy atom. The molecule has 0 fully saturated rings. The van der Waals surface area contributed by atoms with Crippen LogP contribution in [0.15, 0.2) is 115 Å². The van der Waals surface area contributed by atoms with Gasteiger partial charge in [-0.3, -0.25) is 4.79 Å². The summed E-state index contributed by atoms with van der Waals surface area (Å²) in [5.41, 5.74) is 9.81. The van der Waals surface area contributed by atoms with Crippen LogP contribution in [0.5, 0.6) is 5.75 Å². The van der Waals surface area contributed by atoms with Crippen molar-refractivity contribution in [3.63, 3.8) is 0 Å². The van der Waals surface area contributed by atoms with E-state index in [2.05, 4.69) is 16.4 Å². The van der Waals surface area contributed by atoms with Gasteiger partial charge in [0.25, 0.3) is 0 Å². The molecule has 2 aliphatic heterocycles. The fourth-order valence-electron chi connectivity index (χ4n) is 6.97. The van der Waals surface area contributed by atoms with Gasteiger partial charge in [0.15, 0.2) is 0 Å². The largest absolute Gasteiger partial charge is 0.439 e. The molecule has 2 N–H and O–H groups in total. The first kappa shape index (κ1) is 26.7. The van der Waals surface area contributed by atoms with Crippen LogP contribution in [0.3, 0.4) is 0 Å². The Hall–Kier alpha value is -6.67. The van der Waals surface area contributed by atoms with E-state index >= 15 is 4.79 Å². The van der Waals surface area contributed by atoms with E-state index in [1.165, 1.54) is 12.1 Å². The van der Waals surface area contributed by atoms with Crippen molar-refractivity contribution < 1.29 is 13.9 Å². The van der Waals surface area contributed by atoms with Gasteiger partial charge in [-0.15, -0.1) is 5.10 Å². The zero-order chi connectivity index (χ0) is 31.9. The highest BCUT2D eigenvalue weighted by atomic mass is 19.1. The second kappa shape index (κ2) is 9.66. The molecule has 1 spiro atoms. The fourth-order valence-corrected chi connectivity index (χ4v) is 6.97. The summed E-state index contributed by atoms with van der Waals surface area (Å²) < 4.78 is 21.6. The number of ether oxygens (including phenoxy) is 1. The lowest BCUT2D eigenvalue weighted by Gasteiger charge is -2.35. The molecule has 9 rings (SSSR count). The minimum Gasteiger partial charge on any atom is -0.439 e. The molecule has 10 nitrogen and oxygen atoms in total. The first-order valence-corrected chi connectivity index (χ1v) is 14.8. The van der Waals surface area contributed by atoms with Crippen LogP contribution in [0.25, 0.3) is 38.5 Å². The first-order chi connectivity index (χ1) is 23.0. The molecule has 0 bridgehead atoms. The van der Waals surface area contributed by atoms with Crippen LogP contribution in [0, 0.1) is 17.1 Å². The van der Waals surface area contributed by atoms with Crippen molar-refractivity contribution in [1.29, 1.82) is 5.26 Å². The molecule has 0 saturated heterocycles. The van der Waals surface area contributed by atoms with Crippen molar-refractivity contribution in [2.45, 2.75) is 12.0 Å². The summed E-state index contributed by atoms with van der Waals surface area (Å²) in [5.74, 6) is -0.622. The number of nitriles is 1. The summed E-state index contributed by atoms with van der Waals surface area (Å²) in [6.07, 6.45) is 1.55. The van der Waals surface area contributed by atoms with Crippen molar-refractivity contribution in [3.8, 4) is 17.5 Å². The number of nitrogens with zero attached hydrogens (tertiary/aromatic N) is 7. The Morgan fingerprint density at radius 1 is 0.872 bits per heavy atom. The number of benzene rings is 5. The summed E-state index contributed by atoms with van der Waals surface area (Å²) in [6, 6.07) is 30.5. The highest BCUT2D eigenvalue weighted by Crippen LogP contribution is 2.58. The molecule has 1 atom stereocenters. The second-order valence-corrected chi connectivity index (χ2v) is 11.4. The van der Waals surface area contributed by atoms with Crippen LogP contribution < -0.4 is 15.4 Å². The molecule has 0 radical (unpaired) electrons. The molecular weight excluding hydrogens is 595 g/mol. The summed E-state index contributed by atoms with van der Waals surface area (Å²) in [4.78, 5) is 27.1. The number of amides is 1. The van der Waals surface area contributed by atoms with E-state index in [0.717, 1.165) is 5.39 Å². The average Bonchev–Trinajstić information content (AvgIpc) is 3.66. The summed E-state index contributed by atoms with van der Waals surface area (Å²) >= 11 is 0. The van der Waals surface area contributed by atoms with Crippen molar-refractivity contribution in [1.82, 2.24) is 25.0 Å². The molecule has 1 amide bonds. The number of fused-ring (bicyclic) bond motifs is 10. The summed E-state index contributed by atoms with van der Waals surface area (Å²) in [7, 11) is 0. The Morgan fingerprint density at radius 2 is 1.55 bits per heavy atom. The van der Waals surface area contributed by atoms with Gasteiger partial charge < -0.3 is 15.4 Å². The fraction of sp³-hybridized carbons (Fsp3) is 0.0556. The molecule has 47 heavy (non-hydrogen) atoms. The van der Waals surface area contributed by atoms with Gasteiger partial charge in [-0.25, -0.2) is 19.0 Å². The first-order valence-electron chi connectivity index (χ1n) is 14.8. The van der Waals surface area contributed by atoms with Gasteiger partial charge in [-0.1, -0.05) is 59.8 Å². The van der Waals surface area contributed by atoms with E-state index in [9.17, 15) is 9.65 Å². The van der Waals surface area contributed by atoms with Gasteiger partial charge in [0.05, 0.1) is 46.2 Å². The van der Waals surface area contributed by atoms with Crippen molar-refractivity contribution >= 4 is 44.4 Å². The lowest BCUT2D eigenvalue weighted by molar-refractivity contribution is -0.121. The number of para-hydroxylation sites is 3. The second-order valence-electron chi connectivity index (χ2n) is 11.4. The number of carbonyl (C=O) groups is 1. The smallest absolute Gasteiger partial charge is 0.248 e. The van der Waals surface area contributed by atoms with E-state index in [1.54, 1.807) is 27.9 Å². The Bertz CT molecular complexity index is 2550. The van der Waals surface area contributed by atoms with Crippen molar-refractivity contribution in [2.24, 2.45) is 5.73 Å². The molecular formula is C36H21FN8O2. The molecule has 11 heteroatoms. The van der Waals surface area contributed by atoms with Crippen molar-refractivity contribution in [3.05, 3.63) is 137 Å². The van der Waals surface area contributed by atoms with Gasteiger partial charge in [-0.05, 0) is 42.5 Å². The molecule has 5 aromatic carbocycles. The maximum atomic E-state index is 15.4. The van der Waals surface area contributed by atoms with Crippen LogP contribution in [0.2, 0.25) is 0 Å². The Balaban J connectivity index is 1.35. The van der Waals surface area contributed by atoms with Gasteiger partial charge in [-0.2, -0.15) is 5.26 Å². The number of hydrogen-bond donors (Lipinski definition) is 1. The minimum absolute atomic E-state index is 0.0386. The topological polar surface area (TPSA) is 136 Å². The molecule has 7 aromatic rings. The SMILES string of the molecule is N#CC1=C(N)Oc2c(c3nc4ccccc4nc3c3ccccc23)C12C(=O)N(Cc1cnnn1-c1ccc(F)cc1)c1ccccc12. The molecule has 0 saturated carbocycles. The normalized spacial score (nSPS) is 16.9. The molecule has 2 aliphatic rings. The Labute approximate surface area is 265 Å². The van der Waals surface area contributed by atoms with Gasteiger partial charge in [0.2, 0.25) is 11.8 Å². The highest BCUT2D eigenvalue weighted by molar-refractivity contribution is 6.20. The maximum Gasteiger partial charge on any atom is 0.248 e. The molecule has 4 heterocycles. The standard InChI is InChI=1S/C36H21FN8O2/c37-20-13-15-21(16-14-20)45-22(18-40-43-45)19-44-29-12-6-3-9-25(29)36(35(44)46)26(17-38)34(39)47-33-24-8-2-1-7-23(24)31-32(30(33)36)42-28-11-5-4-10-27(28)41-31/h1-16,18H,19,39H2. The Kier molecular flexibility index (Phi) is 5.49. The number of aromatic nitrogens is 5. The van der Waals surface area contributed by atoms with Crippen LogP contribution in [0.1, 0.15) is 16.8 Å². The number of nitrogens with two attached hydrogens (primary N) is 1. The molecule has 0 aliphatic carbocycles. The molecule has 1 unspecified atom stereocenters. The number of rotatable bonds is 3. The van der Waals surface area contributed by atoms with Crippen LogP contribution >= 0.6 is 0 Å². The van der Waals surface area contributed by atoms with E-state index in [4.69, 9.17) is 20.4 Å². The van der Waals surface area contributed by atoms with Crippen LogP contribution in [-0.2, 0) is 16.8 Å². The minimum atomic E-state index is -1.71.